The summed E-state index contributed by atoms with van der Waals surface area (Å²) in [5, 5.41) is 5.66. The van der Waals surface area contributed by atoms with Crippen LogP contribution in [-0.4, -0.2) is 9.78 Å². The number of aromatic nitrogens is 2. The van der Waals surface area contributed by atoms with Crippen LogP contribution in [0.4, 0.5) is 5.82 Å². The molecule has 0 spiro atoms. The van der Waals surface area contributed by atoms with Crippen LogP contribution in [0, 0.1) is 0 Å². The zero-order valence-electron chi connectivity index (χ0n) is 10.9. The van der Waals surface area contributed by atoms with Crippen molar-refractivity contribution in [2.75, 3.05) is 5.73 Å². The van der Waals surface area contributed by atoms with Gasteiger partial charge in [0.2, 0.25) is 0 Å². The van der Waals surface area contributed by atoms with Gasteiger partial charge in [-0.05, 0) is 36.5 Å². The smallest absolute Gasteiger partial charge is 0.131 e. The Hall–Kier alpha value is -1.19. The first-order chi connectivity index (χ1) is 8.90. The molecule has 2 N–H and O–H groups in total. The quantitative estimate of drug-likeness (QED) is 0.865. The molecule has 100 valence electrons. The van der Waals surface area contributed by atoms with E-state index >= 15 is 0 Å². The van der Waals surface area contributed by atoms with Crippen molar-refractivity contribution in [3.63, 3.8) is 0 Å². The van der Waals surface area contributed by atoms with E-state index in [1.54, 1.807) is 16.8 Å². The molecule has 0 fully saturated rings. The minimum absolute atomic E-state index is 0.0912. The van der Waals surface area contributed by atoms with E-state index in [9.17, 15) is 0 Å². The van der Waals surface area contributed by atoms with Gasteiger partial charge in [0.15, 0.2) is 0 Å². The molecule has 0 aliphatic heterocycles. The Kier molecular flexibility index (Phi) is 2.80. The largest absolute Gasteiger partial charge is 0.383 e. The topological polar surface area (TPSA) is 43.8 Å². The van der Waals surface area contributed by atoms with E-state index in [1.807, 2.05) is 6.07 Å². The SMILES string of the molecule is CC1(C)CCc2nn(-c3ccc(Cl)c(Cl)c3)c(N)c21. The fourth-order valence-electron chi connectivity index (χ4n) is 2.76. The van der Waals surface area contributed by atoms with Gasteiger partial charge in [-0.2, -0.15) is 5.10 Å². The fourth-order valence-corrected chi connectivity index (χ4v) is 3.05. The van der Waals surface area contributed by atoms with Crippen LogP contribution in [0.1, 0.15) is 31.5 Å². The number of rotatable bonds is 1. The molecule has 2 aromatic rings. The number of fused-ring (bicyclic) bond motifs is 1. The number of nitrogen functional groups attached to an aromatic ring is 1. The molecule has 0 unspecified atom stereocenters. The Morgan fingerprint density at radius 1 is 1.26 bits per heavy atom. The standard InChI is InChI=1S/C14H15Cl2N3/c1-14(2)6-5-11-12(14)13(17)19(18-11)8-3-4-9(15)10(16)7-8/h3-4,7H,5-6,17H2,1-2H3. The van der Waals surface area contributed by atoms with Crippen molar-refractivity contribution >= 4 is 29.0 Å². The van der Waals surface area contributed by atoms with Gasteiger partial charge >= 0.3 is 0 Å². The lowest BCUT2D eigenvalue weighted by atomic mass is 9.87. The molecule has 1 heterocycles. The number of nitrogens with two attached hydrogens (primary N) is 1. The first-order valence-electron chi connectivity index (χ1n) is 6.23. The second-order valence-electron chi connectivity index (χ2n) is 5.60. The van der Waals surface area contributed by atoms with Crippen molar-refractivity contribution < 1.29 is 0 Å². The Balaban J connectivity index is 2.15. The Morgan fingerprint density at radius 2 is 2.00 bits per heavy atom. The third kappa shape index (κ3) is 1.92. The van der Waals surface area contributed by atoms with Crippen molar-refractivity contribution in [3.05, 3.63) is 39.5 Å². The lowest BCUT2D eigenvalue weighted by Crippen LogP contribution is -2.15. The molecule has 0 radical (unpaired) electrons. The van der Waals surface area contributed by atoms with Crippen LogP contribution in [0.5, 0.6) is 0 Å². The van der Waals surface area contributed by atoms with Gasteiger partial charge in [-0.25, -0.2) is 4.68 Å². The van der Waals surface area contributed by atoms with Crippen LogP contribution in [-0.2, 0) is 11.8 Å². The number of halogens is 2. The summed E-state index contributed by atoms with van der Waals surface area (Å²) in [4.78, 5) is 0. The molecule has 0 bridgehead atoms. The predicted octanol–water partition coefficient (Wildman–Crippen LogP) is 3.99. The predicted molar refractivity (Wildman–Crippen MR) is 79.3 cm³/mol. The van der Waals surface area contributed by atoms with Crippen LogP contribution in [0.25, 0.3) is 5.69 Å². The number of benzene rings is 1. The van der Waals surface area contributed by atoms with Crippen LogP contribution < -0.4 is 5.73 Å². The fraction of sp³-hybridized carbons (Fsp3) is 0.357. The number of hydrogen-bond acceptors (Lipinski definition) is 2. The highest BCUT2D eigenvalue weighted by molar-refractivity contribution is 6.42. The van der Waals surface area contributed by atoms with Crippen molar-refractivity contribution in [1.82, 2.24) is 9.78 Å². The van der Waals surface area contributed by atoms with Crippen molar-refractivity contribution in [1.29, 1.82) is 0 Å². The molecular weight excluding hydrogens is 281 g/mol. The molecule has 3 nitrogen and oxygen atoms in total. The summed E-state index contributed by atoms with van der Waals surface area (Å²) < 4.78 is 1.76. The third-order valence-corrected chi connectivity index (χ3v) is 4.54. The number of anilines is 1. The zero-order chi connectivity index (χ0) is 13.8. The highest BCUT2D eigenvalue weighted by Crippen LogP contribution is 2.42. The van der Waals surface area contributed by atoms with Gasteiger partial charge in [0.25, 0.3) is 0 Å². The average Bonchev–Trinajstić information content (AvgIpc) is 2.82. The lowest BCUT2D eigenvalue weighted by Gasteiger charge is -2.18. The molecule has 0 atom stereocenters. The summed E-state index contributed by atoms with van der Waals surface area (Å²) in [6.45, 7) is 4.41. The van der Waals surface area contributed by atoms with Gasteiger partial charge in [-0.3, -0.25) is 0 Å². The van der Waals surface area contributed by atoms with Crippen LogP contribution in [0.15, 0.2) is 18.2 Å². The molecule has 1 aliphatic carbocycles. The molecular formula is C14H15Cl2N3. The molecule has 1 aliphatic rings. The van der Waals surface area contributed by atoms with Gasteiger partial charge in [0.05, 0.1) is 21.4 Å². The van der Waals surface area contributed by atoms with Crippen molar-refractivity contribution in [2.45, 2.75) is 32.1 Å². The van der Waals surface area contributed by atoms with E-state index in [0.29, 0.717) is 15.9 Å². The summed E-state index contributed by atoms with van der Waals surface area (Å²) in [6.07, 6.45) is 2.07. The first kappa shape index (κ1) is 12.8. The molecule has 1 aromatic carbocycles. The molecule has 5 heteroatoms. The van der Waals surface area contributed by atoms with Crippen molar-refractivity contribution in [2.24, 2.45) is 0 Å². The summed E-state index contributed by atoms with van der Waals surface area (Å²) in [5.41, 5.74) is 9.47. The highest BCUT2D eigenvalue weighted by atomic mass is 35.5. The molecule has 3 rings (SSSR count). The molecule has 0 amide bonds. The van der Waals surface area contributed by atoms with Gasteiger partial charge in [0, 0.05) is 5.56 Å². The second-order valence-corrected chi connectivity index (χ2v) is 6.42. The van der Waals surface area contributed by atoms with Gasteiger partial charge in [0.1, 0.15) is 5.82 Å². The van der Waals surface area contributed by atoms with E-state index in [2.05, 4.69) is 18.9 Å². The Morgan fingerprint density at radius 3 is 2.63 bits per heavy atom. The van der Waals surface area contributed by atoms with E-state index in [-0.39, 0.29) is 5.41 Å². The van der Waals surface area contributed by atoms with E-state index < -0.39 is 0 Å². The lowest BCUT2D eigenvalue weighted by molar-refractivity contribution is 0.519. The van der Waals surface area contributed by atoms with Crippen LogP contribution in [0.2, 0.25) is 10.0 Å². The summed E-state index contributed by atoms with van der Waals surface area (Å²) in [5.74, 6) is 0.705. The van der Waals surface area contributed by atoms with Gasteiger partial charge in [-0.15, -0.1) is 0 Å². The van der Waals surface area contributed by atoms with E-state index in [4.69, 9.17) is 28.9 Å². The van der Waals surface area contributed by atoms with Crippen LogP contribution in [0.3, 0.4) is 0 Å². The summed E-state index contributed by atoms with van der Waals surface area (Å²) >= 11 is 12.0. The molecule has 1 aromatic heterocycles. The maximum Gasteiger partial charge on any atom is 0.131 e. The van der Waals surface area contributed by atoms with Gasteiger partial charge < -0.3 is 5.73 Å². The maximum absolute atomic E-state index is 6.27. The summed E-state index contributed by atoms with van der Waals surface area (Å²) in [7, 11) is 0. The molecule has 0 saturated heterocycles. The third-order valence-electron chi connectivity index (χ3n) is 3.80. The van der Waals surface area contributed by atoms with E-state index in [0.717, 1.165) is 24.2 Å². The minimum atomic E-state index is 0.0912. The maximum atomic E-state index is 6.27. The highest BCUT2D eigenvalue weighted by Gasteiger charge is 2.36. The average molecular weight is 296 g/mol. The van der Waals surface area contributed by atoms with Gasteiger partial charge in [-0.1, -0.05) is 37.0 Å². The minimum Gasteiger partial charge on any atom is -0.383 e. The zero-order valence-corrected chi connectivity index (χ0v) is 12.4. The summed E-state index contributed by atoms with van der Waals surface area (Å²) in [6, 6.07) is 5.42. The van der Waals surface area contributed by atoms with Crippen molar-refractivity contribution in [3.8, 4) is 5.69 Å². The monoisotopic (exact) mass is 295 g/mol. The molecule has 19 heavy (non-hydrogen) atoms. The molecule has 0 saturated carbocycles. The number of nitrogens with zero attached hydrogens (tertiary/aromatic N) is 2. The second kappa shape index (κ2) is 4.15. The number of hydrogen-bond donors (Lipinski definition) is 1. The number of aryl methyl sites for hydroxylation is 1. The Labute approximate surface area is 122 Å². The Bertz CT molecular complexity index is 659. The van der Waals surface area contributed by atoms with Crippen LogP contribution >= 0.6 is 23.2 Å². The van der Waals surface area contributed by atoms with E-state index in [1.165, 1.54) is 5.56 Å². The normalized spacial score (nSPS) is 16.6. The first-order valence-corrected chi connectivity index (χ1v) is 6.99.